The minimum absolute atomic E-state index is 0.220. The Labute approximate surface area is 129 Å². The third-order valence-electron chi connectivity index (χ3n) is 3.41. The van der Waals surface area contributed by atoms with E-state index in [1.165, 1.54) is 0 Å². The molecule has 1 saturated carbocycles. The van der Waals surface area contributed by atoms with Crippen LogP contribution in [0.3, 0.4) is 0 Å². The van der Waals surface area contributed by atoms with Crippen molar-refractivity contribution < 1.29 is 18.8 Å². The first kappa shape index (κ1) is 16.3. The molecule has 22 heavy (non-hydrogen) atoms. The molecular weight excluding hydrogens is 286 g/mol. The van der Waals surface area contributed by atoms with E-state index in [0.29, 0.717) is 11.6 Å². The Hall–Kier alpha value is -2.05. The van der Waals surface area contributed by atoms with E-state index in [1.54, 1.807) is 13.0 Å². The molecule has 1 aliphatic carbocycles. The first-order valence-corrected chi connectivity index (χ1v) is 7.48. The molecule has 2 amide bonds. The van der Waals surface area contributed by atoms with Crippen LogP contribution >= 0.6 is 0 Å². The maximum atomic E-state index is 12.2. The molecule has 1 aromatic rings. The van der Waals surface area contributed by atoms with Crippen molar-refractivity contribution in [1.29, 1.82) is 0 Å². The molecule has 1 heterocycles. The molecule has 0 bridgehead atoms. The second kappa shape index (κ2) is 6.37. The number of carbonyl (C=O) groups is 2. The number of carbonyl (C=O) groups excluding carboxylic acids is 2. The molecule has 2 rings (SSSR count). The first-order valence-electron chi connectivity index (χ1n) is 7.48. The Kier molecular flexibility index (Phi) is 4.73. The van der Waals surface area contributed by atoms with Gasteiger partial charge in [0.05, 0.1) is 5.92 Å². The third kappa shape index (κ3) is 4.47. The van der Waals surface area contributed by atoms with E-state index in [-0.39, 0.29) is 17.9 Å². The number of rotatable bonds is 3. The molecule has 0 spiro atoms. The van der Waals surface area contributed by atoms with Crippen LogP contribution in [0.15, 0.2) is 10.6 Å². The molecule has 0 aliphatic heterocycles. The predicted octanol–water partition coefficient (Wildman–Crippen LogP) is 2.61. The summed E-state index contributed by atoms with van der Waals surface area (Å²) < 4.78 is 10.3. The van der Waals surface area contributed by atoms with Crippen molar-refractivity contribution >= 4 is 17.8 Å². The van der Waals surface area contributed by atoms with Crippen LogP contribution in [0.25, 0.3) is 0 Å². The van der Waals surface area contributed by atoms with Gasteiger partial charge in [-0.25, -0.2) is 4.79 Å². The second-order valence-corrected chi connectivity index (χ2v) is 6.60. The molecule has 0 unspecified atom stereocenters. The number of nitrogens with one attached hydrogen (secondary N) is 2. The van der Waals surface area contributed by atoms with Crippen LogP contribution in [0.4, 0.5) is 10.6 Å². The number of anilines is 1. The molecule has 122 valence electrons. The summed E-state index contributed by atoms with van der Waals surface area (Å²) in [5.41, 5.74) is -0.523. The number of urea groups is 1. The summed E-state index contributed by atoms with van der Waals surface area (Å²) in [5, 5.41) is 9.11. The zero-order valence-corrected chi connectivity index (χ0v) is 13.4. The summed E-state index contributed by atoms with van der Waals surface area (Å²) in [7, 11) is 0. The SMILES string of the molecule is Cc1cc(NC(=O)N[C@@H]2CCC[C@@H]2C(=O)OC(C)(C)C)no1. The molecule has 1 aromatic heterocycles. The maximum Gasteiger partial charge on any atom is 0.320 e. The van der Waals surface area contributed by atoms with Gasteiger partial charge < -0.3 is 14.6 Å². The highest BCUT2D eigenvalue weighted by atomic mass is 16.6. The van der Waals surface area contributed by atoms with E-state index in [1.807, 2.05) is 20.8 Å². The van der Waals surface area contributed by atoms with Gasteiger partial charge in [-0.15, -0.1) is 0 Å². The van der Waals surface area contributed by atoms with Gasteiger partial charge in [0, 0.05) is 12.1 Å². The number of nitrogens with zero attached hydrogens (tertiary/aromatic N) is 1. The van der Waals surface area contributed by atoms with E-state index in [4.69, 9.17) is 9.26 Å². The molecule has 0 radical (unpaired) electrons. The van der Waals surface area contributed by atoms with Crippen molar-refractivity contribution in [2.24, 2.45) is 5.92 Å². The standard InChI is InChI=1S/C15H23N3O4/c1-9-8-12(18-22-9)17-14(20)16-11-7-5-6-10(11)13(19)21-15(2,3)4/h8,10-11H,5-7H2,1-4H3,(H2,16,17,18,20)/t10-,11+/m0/s1. The molecule has 1 fully saturated rings. The fourth-order valence-corrected chi connectivity index (χ4v) is 2.54. The van der Waals surface area contributed by atoms with Crippen LogP contribution in [-0.4, -0.2) is 28.8 Å². The van der Waals surface area contributed by atoms with Gasteiger partial charge in [0.1, 0.15) is 11.4 Å². The van der Waals surface area contributed by atoms with Gasteiger partial charge in [-0.3, -0.25) is 10.1 Å². The van der Waals surface area contributed by atoms with Gasteiger partial charge in [0.2, 0.25) is 0 Å². The summed E-state index contributed by atoms with van der Waals surface area (Å²) >= 11 is 0. The highest BCUT2D eigenvalue weighted by Crippen LogP contribution is 2.28. The lowest BCUT2D eigenvalue weighted by atomic mass is 10.0. The van der Waals surface area contributed by atoms with E-state index in [0.717, 1.165) is 19.3 Å². The van der Waals surface area contributed by atoms with Crippen LogP contribution in [0.1, 0.15) is 45.8 Å². The van der Waals surface area contributed by atoms with Gasteiger partial charge in [0.25, 0.3) is 0 Å². The first-order chi connectivity index (χ1) is 10.2. The van der Waals surface area contributed by atoms with E-state index in [2.05, 4.69) is 15.8 Å². The fraction of sp³-hybridized carbons (Fsp3) is 0.667. The number of amides is 2. The smallest absolute Gasteiger partial charge is 0.320 e. The Bertz CT molecular complexity index is 547. The van der Waals surface area contributed by atoms with Crippen molar-refractivity contribution in [3.05, 3.63) is 11.8 Å². The fourth-order valence-electron chi connectivity index (χ4n) is 2.54. The number of ether oxygens (including phenoxy) is 1. The third-order valence-corrected chi connectivity index (χ3v) is 3.41. The van der Waals surface area contributed by atoms with Crippen LogP contribution in [0.5, 0.6) is 0 Å². The Morgan fingerprint density at radius 1 is 1.36 bits per heavy atom. The van der Waals surface area contributed by atoms with Gasteiger partial charge >= 0.3 is 12.0 Å². The molecular formula is C15H23N3O4. The summed E-state index contributed by atoms with van der Waals surface area (Å²) in [5.74, 6) is 0.404. The lowest BCUT2D eigenvalue weighted by Crippen LogP contribution is -2.44. The topological polar surface area (TPSA) is 93.5 Å². The average molecular weight is 309 g/mol. The maximum absolute atomic E-state index is 12.2. The highest BCUT2D eigenvalue weighted by molar-refractivity contribution is 5.89. The lowest BCUT2D eigenvalue weighted by Gasteiger charge is -2.25. The number of esters is 1. The number of hydrogen-bond acceptors (Lipinski definition) is 5. The van der Waals surface area contributed by atoms with Crippen molar-refractivity contribution in [2.45, 2.75) is 58.6 Å². The quantitative estimate of drug-likeness (QED) is 0.837. The minimum atomic E-state index is -0.523. The predicted molar refractivity (Wildman–Crippen MR) is 80.4 cm³/mol. The van der Waals surface area contributed by atoms with Gasteiger partial charge in [-0.1, -0.05) is 11.6 Å². The summed E-state index contributed by atoms with van der Waals surface area (Å²) in [6.45, 7) is 7.25. The molecule has 0 saturated heterocycles. The Morgan fingerprint density at radius 2 is 2.09 bits per heavy atom. The highest BCUT2D eigenvalue weighted by Gasteiger charge is 2.36. The van der Waals surface area contributed by atoms with Crippen LogP contribution < -0.4 is 10.6 Å². The molecule has 2 atom stereocenters. The summed E-state index contributed by atoms with van der Waals surface area (Å²) in [6, 6.07) is 1.01. The van der Waals surface area contributed by atoms with Crippen molar-refractivity contribution in [1.82, 2.24) is 10.5 Å². The van der Waals surface area contributed by atoms with Gasteiger partial charge in [-0.05, 0) is 40.5 Å². The van der Waals surface area contributed by atoms with E-state index in [9.17, 15) is 9.59 Å². The molecule has 2 N–H and O–H groups in total. The number of aromatic nitrogens is 1. The van der Waals surface area contributed by atoms with E-state index >= 15 is 0 Å². The lowest BCUT2D eigenvalue weighted by molar-refractivity contribution is -0.160. The summed E-state index contributed by atoms with van der Waals surface area (Å²) in [6.07, 6.45) is 2.37. The van der Waals surface area contributed by atoms with Crippen LogP contribution in [0, 0.1) is 12.8 Å². The number of hydrogen-bond donors (Lipinski definition) is 2. The van der Waals surface area contributed by atoms with Crippen molar-refractivity contribution in [2.75, 3.05) is 5.32 Å². The largest absolute Gasteiger partial charge is 0.460 e. The zero-order valence-electron chi connectivity index (χ0n) is 13.4. The second-order valence-electron chi connectivity index (χ2n) is 6.60. The zero-order chi connectivity index (χ0) is 16.3. The van der Waals surface area contributed by atoms with Crippen LogP contribution in [0.2, 0.25) is 0 Å². The summed E-state index contributed by atoms with van der Waals surface area (Å²) in [4.78, 5) is 24.2. The van der Waals surface area contributed by atoms with Gasteiger partial charge in [0.15, 0.2) is 5.82 Å². The van der Waals surface area contributed by atoms with E-state index < -0.39 is 11.6 Å². The monoisotopic (exact) mass is 309 g/mol. The van der Waals surface area contributed by atoms with Crippen LogP contribution in [-0.2, 0) is 9.53 Å². The Morgan fingerprint density at radius 3 is 2.68 bits per heavy atom. The molecule has 1 aliphatic rings. The van der Waals surface area contributed by atoms with Gasteiger partial charge in [-0.2, -0.15) is 0 Å². The Balaban J connectivity index is 1.90. The minimum Gasteiger partial charge on any atom is -0.460 e. The molecule has 7 heteroatoms. The molecule has 0 aromatic carbocycles. The number of aryl methyl sites for hydroxylation is 1. The van der Waals surface area contributed by atoms with Crippen molar-refractivity contribution in [3.63, 3.8) is 0 Å². The van der Waals surface area contributed by atoms with Crippen molar-refractivity contribution in [3.8, 4) is 0 Å². The molecule has 7 nitrogen and oxygen atoms in total. The average Bonchev–Trinajstić information content (AvgIpc) is 2.96. The normalized spacial score (nSPS) is 21.5.